The zero-order valence-corrected chi connectivity index (χ0v) is 13.3. The number of anilines is 1. The molecule has 0 spiro atoms. The third-order valence-electron chi connectivity index (χ3n) is 2.25. The van der Waals surface area contributed by atoms with Gasteiger partial charge in [0.05, 0.1) is 4.47 Å². The van der Waals surface area contributed by atoms with Crippen LogP contribution in [0.25, 0.3) is 0 Å². The molecule has 0 N–H and O–H groups in total. The second kappa shape index (κ2) is 6.01. The Labute approximate surface area is 115 Å². The number of halogens is 2. The molecule has 1 aromatic rings. The van der Waals surface area contributed by atoms with E-state index >= 15 is 0 Å². The number of nitrogens with zero attached hydrogens (tertiary/aromatic N) is 2. The van der Waals surface area contributed by atoms with Gasteiger partial charge in [0, 0.05) is 23.3 Å². The molecule has 0 fully saturated rings. The summed E-state index contributed by atoms with van der Waals surface area (Å²) in [6.45, 7) is 9.85. The summed E-state index contributed by atoms with van der Waals surface area (Å²) in [5, 5.41) is 0. The van der Waals surface area contributed by atoms with Gasteiger partial charge in [-0.3, -0.25) is 0 Å². The van der Waals surface area contributed by atoms with Gasteiger partial charge in [-0.25, -0.2) is 4.98 Å². The van der Waals surface area contributed by atoms with Crippen LogP contribution >= 0.6 is 31.9 Å². The highest BCUT2D eigenvalue weighted by atomic mass is 79.9. The molecule has 0 amide bonds. The van der Waals surface area contributed by atoms with E-state index in [1.165, 1.54) is 0 Å². The molecule has 4 heteroatoms. The second-order valence-corrected chi connectivity index (χ2v) is 6.37. The molecule has 1 aromatic heterocycles. The summed E-state index contributed by atoms with van der Waals surface area (Å²) in [7, 11) is 0. The lowest BCUT2D eigenvalue weighted by Crippen LogP contribution is -2.35. The van der Waals surface area contributed by atoms with Gasteiger partial charge in [-0.05, 0) is 57.7 Å². The molecule has 0 aliphatic rings. The molecule has 0 radical (unpaired) electrons. The van der Waals surface area contributed by atoms with Gasteiger partial charge in [0.25, 0.3) is 0 Å². The Morgan fingerprint density at radius 2 is 1.88 bits per heavy atom. The number of hydrogen-bond acceptors (Lipinski definition) is 2. The predicted octanol–water partition coefficient (Wildman–Crippen LogP) is 4.48. The quantitative estimate of drug-likeness (QED) is 0.796. The van der Waals surface area contributed by atoms with E-state index in [4.69, 9.17) is 0 Å². The van der Waals surface area contributed by atoms with Gasteiger partial charge >= 0.3 is 0 Å². The molecule has 0 aliphatic carbocycles. The minimum atomic E-state index is 0.451. The molecule has 90 valence electrons. The Morgan fingerprint density at radius 1 is 1.25 bits per heavy atom. The molecule has 1 heterocycles. The lowest BCUT2D eigenvalue weighted by Gasteiger charge is -2.30. The van der Waals surface area contributed by atoms with Crippen LogP contribution in [0.15, 0.2) is 21.2 Å². The predicted molar refractivity (Wildman–Crippen MR) is 77.0 cm³/mol. The SMILES string of the molecule is CC(C)CN(c1ncc(Br)cc1Br)C(C)C. The lowest BCUT2D eigenvalue weighted by molar-refractivity contribution is 0.565. The summed E-state index contributed by atoms with van der Waals surface area (Å²) in [5.74, 6) is 1.65. The van der Waals surface area contributed by atoms with Crippen molar-refractivity contribution < 1.29 is 0 Å². The number of rotatable bonds is 4. The van der Waals surface area contributed by atoms with Crippen LogP contribution in [0.1, 0.15) is 27.7 Å². The first-order valence-electron chi connectivity index (χ1n) is 5.49. The summed E-state index contributed by atoms with van der Waals surface area (Å²) in [6.07, 6.45) is 1.84. The molecule has 16 heavy (non-hydrogen) atoms. The van der Waals surface area contributed by atoms with Gasteiger partial charge in [-0.2, -0.15) is 0 Å². The maximum absolute atomic E-state index is 4.48. The first kappa shape index (κ1) is 14.0. The van der Waals surface area contributed by atoms with Crippen molar-refractivity contribution in [1.82, 2.24) is 4.98 Å². The normalized spacial score (nSPS) is 11.2. The van der Waals surface area contributed by atoms with E-state index in [-0.39, 0.29) is 0 Å². The van der Waals surface area contributed by atoms with Crippen LogP contribution < -0.4 is 4.90 Å². The molecular weight excluding hydrogens is 332 g/mol. The largest absolute Gasteiger partial charge is 0.353 e. The van der Waals surface area contributed by atoms with Gasteiger partial charge in [-0.15, -0.1) is 0 Å². The standard InChI is InChI=1S/C12H18Br2N2/c1-8(2)7-16(9(3)4)12-11(14)5-10(13)6-15-12/h5-6,8-9H,7H2,1-4H3. The maximum Gasteiger partial charge on any atom is 0.143 e. The molecule has 0 bridgehead atoms. The first-order valence-corrected chi connectivity index (χ1v) is 7.08. The molecule has 0 saturated carbocycles. The van der Waals surface area contributed by atoms with Crippen molar-refractivity contribution in [3.05, 3.63) is 21.2 Å². The van der Waals surface area contributed by atoms with Crippen molar-refractivity contribution in [1.29, 1.82) is 0 Å². The van der Waals surface area contributed by atoms with E-state index in [1.807, 2.05) is 12.3 Å². The minimum absolute atomic E-state index is 0.451. The highest BCUT2D eigenvalue weighted by Gasteiger charge is 2.16. The molecule has 0 atom stereocenters. The average molecular weight is 350 g/mol. The number of hydrogen-bond donors (Lipinski definition) is 0. The van der Waals surface area contributed by atoms with E-state index in [0.717, 1.165) is 21.3 Å². The fraction of sp³-hybridized carbons (Fsp3) is 0.583. The van der Waals surface area contributed by atoms with Crippen molar-refractivity contribution in [3.63, 3.8) is 0 Å². The fourth-order valence-electron chi connectivity index (χ4n) is 1.55. The molecule has 0 aromatic carbocycles. The van der Waals surface area contributed by atoms with Crippen LogP contribution in [0.3, 0.4) is 0 Å². The van der Waals surface area contributed by atoms with Gasteiger partial charge in [0.15, 0.2) is 0 Å². The minimum Gasteiger partial charge on any atom is -0.353 e. The van der Waals surface area contributed by atoms with Gasteiger partial charge in [0.2, 0.25) is 0 Å². The summed E-state index contributed by atoms with van der Waals surface area (Å²) in [6, 6.07) is 2.49. The smallest absolute Gasteiger partial charge is 0.143 e. The Bertz CT molecular complexity index is 351. The second-order valence-electron chi connectivity index (χ2n) is 4.60. The summed E-state index contributed by atoms with van der Waals surface area (Å²) < 4.78 is 2.03. The van der Waals surface area contributed by atoms with E-state index in [2.05, 4.69) is 69.4 Å². The average Bonchev–Trinajstić information content (AvgIpc) is 2.14. The van der Waals surface area contributed by atoms with Crippen LogP contribution in [0.4, 0.5) is 5.82 Å². The molecule has 0 unspecified atom stereocenters. The van der Waals surface area contributed by atoms with Crippen LogP contribution in [-0.2, 0) is 0 Å². The van der Waals surface area contributed by atoms with E-state index in [1.54, 1.807) is 0 Å². The fourth-order valence-corrected chi connectivity index (χ4v) is 2.77. The lowest BCUT2D eigenvalue weighted by atomic mass is 10.2. The molecule has 0 aliphatic heterocycles. The zero-order valence-electron chi connectivity index (χ0n) is 10.2. The zero-order chi connectivity index (χ0) is 12.3. The van der Waals surface area contributed by atoms with Crippen LogP contribution in [0.2, 0.25) is 0 Å². The number of pyridine rings is 1. The van der Waals surface area contributed by atoms with Crippen LogP contribution in [0.5, 0.6) is 0 Å². The van der Waals surface area contributed by atoms with E-state index in [0.29, 0.717) is 12.0 Å². The molecular formula is C12H18Br2N2. The third-order valence-corrected chi connectivity index (χ3v) is 3.26. The summed E-state index contributed by atoms with van der Waals surface area (Å²) in [4.78, 5) is 6.81. The van der Waals surface area contributed by atoms with Crippen LogP contribution in [0, 0.1) is 5.92 Å². The Hall–Kier alpha value is -0.0900. The van der Waals surface area contributed by atoms with Crippen molar-refractivity contribution in [2.24, 2.45) is 5.92 Å². The molecule has 0 saturated heterocycles. The summed E-state index contributed by atoms with van der Waals surface area (Å²) >= 11 is 6.99. The Kier molecular flexibility index (Phi) is 5.25. The topological polar surface area (TPSA) is 16.1 Å². The highest BCUT2D eigenvalue weighted by molar-refractivity contribution is 9.11. The summed E-state index contributed by atoms with van der Waals surface area (Å²) in [5.41, 5.74) is 0. The van der Waals surface area contributed by atoms with E-state index < -0.39 is 0 Å². The van der Waals surface area contributed by atoms with Gasteiger partial charge in [-0.1, -0.05) is 13.8 Å². The third kappa shape index (κ3) is 3.74. The molecule has 2 nitrogen and oxygen atoms in total. The Balaban J connectivity index is 3.01. The van der Waals surface area contributed by atoms with Gasteiger partial charge < -0.3 is 4.90 Å². The van der Waals surface area contributed by atoms with Crippen molar-refractivity contribution in [2.45, 2.75) is 33.7 Å². The number of aromatic nitrogens is 1. The highest BCUT2D eigenvalue weighted by Crippen LogP contribution is 2.28. The monoisotopic (exact) mass is 348 g/mol. The molecule has 1 rings (SSSR count). The van der Waals surface area contributed by atoms with Crippen LogP contribution in [-0.4, -0.2) is 17.6 Å². The Morgan fingerprint density at radius 3 is 2.31 bits per heavy atom. The van der Waals surface area contributed by atoms with Crippen molar-refractivity contribution in [3.8, 4) is 0 Å². The van der Waals surface area contributed by atoms with Crippen molar-refractivity contribution >= 4 is 37.7 Å². The van der Waals surface area contributed by atoms with E-state index in [9.17, 15) is 0 Å². The van der Waals surface area contributed by atoms with Gasteiger partial charge in [0.1, 0.15) is 5.82 Å². The maximum atomic E-state index is 4.48. The first-order chi connectivity index (χ1) is 7.41. The van der Waals surface area contributed by atoms with Crippen molar-refractivity contribution in [2.75, 3.05) is 11.4 Å².